The molecule has 1 aliphatic heterocycles. The van der Waals surface area contributed by atoms with Gasteiger partial charge in [0.05, 0.1) is 18.1 Å². The van der Waals surface area contributed by atoms with Gasteiger partial charge in [0.1, 0.15) is 5.75 Å². The van der Waals surface area contributed by atoms with Crippen molar-refractivity contribution in [2.45, 2.75) is 19.2 Å². The third kappa shape index (κ3) is 4.06. The van der Waals surface area contributed by atoms with E-state index in [-0.39, 0.29) is 12.3 Å². The zero-order valence-corrected chi connectivity index (χ0v) is 11.1. The van der Waals surface area contributed by atoms with E-state index in [2.05, 4.69) is 10.1 Å². The summed E-state index contributed by atoms with van der Waals surface area (Å²) in [6, 6.07) is 2.38. The first-order chi connectivity index (χ1) is 10.3. The minimum absolute atomic E-state index is 0.147. The van der Waals surface area contributed by atoms with Gasteiger partial charge >= 0.3 is 12.8 Å². The van der Waals surface area contributed by atoms with Crippen LogP contribution in [0.1, 0.15) is 12.0 Å². The van der Waals surface area contributed by atoms with Crippen LogP contribution in [0.5, 0.6) is 5.75 Å². The normalized spacial score (nSPS) is 18.5. The van der Waals surface area contributed by atoms with E-state index in [1.54, 1.807) is 0 Å². The first kappa shape index (κ1) is 16.5. The van der Waals surface area contributed by atoms with Crippen molar-refractivity contribution in [3.05, 3.63) is 23.8 Å². The maximum Gasteiger partial charge on any atom is 0.420 e. The molecule has 4 nitrogen and oxygen atoms in total. The molecule has 1 amide bonds. The molecule has 22 heavy (non-hydrogen) atoms. The summed E-state index contributed by atoms with van der Waals surface area (Å²) >= 11 is 0. The third-order valence-corrected chi connectivity index (χ3v) is 3.07. The van der Waals surface area contributed by atoms with Crippen molar-refractivity contribution in [2.75, 3.05) is 18.5 Å². The summed E-state index contributed by atoms with van der Waals surface area (Å²) < 4.78 is 71.7. The minimum Gasteiger partial charge on any atom is -0.434 e. The first-order valence-corrected chi connectivity index (χ1v) is 6.32. The SMILES string of the molecule is O=C(Nc1ccc(OC(F)F)c(C(F)(F)F)c1)[C@H]1CCOC1. The van der Waals surface area contributed by atoms with E-state index >= 15 is 0 Å². The highest BCUT2D eigenvalue weighted by Gasteiger charge is 2.35. The van der Waals surface area contributed by atoms with Gasteiger partial charge in [-0.1, -0.05) is 0 Å². The third-order valence-electron chi connectivity index (χ3n) is 3.07. The van der Waals surface area contributed by atoms with Crippen molar-refractivity contribution < 1.29 is 36.2 Å². The maximum absolute atomic E-state index is 12.9. The topological polar surface area (TPSA) is 47.6 Å². The lowest BCUT2D eigenvalue weighted by Gasteiger charge is -2.16. The molecule has 1 fully saturated rings. The lowest BCUT2D eigenvalue weighted by atomic mass is 10.1. The Morgan fingerprint density at radius 3 is 2.64 bits per heavy atom. The molecule has 1 heterocycles. The smallest absolute Gasteiger partial charge is 0.420 e. The van der Waals surface area contributed by atoms with Gasteiger partial charge in [0.15, 0.2) is 0 Å². The average molecular weight is 325 g/mol. The number of alkyl halides is 5. The number of ether oxygens (including phenoxy) is 2. The van der Waals surface area contributed by atoms with E-state index < -0.39 is 35.9 Å². The second-order valence-corrected chi connectivity index (χ2v) is 4.64. The van der Waals surface area contributed by atoms with Crippen LogP contribution in [-0.2, 0) is 15.7 Å². The van der Waals surface area contributed by atoms with Crippen molar-refractivity contribution in [1.29, 1.82) is 0 Å². The van der Waals surface area contributed by atoms with E-state index in [1.807, 2.05) is 0 Å². The van der Waals surface area contributed by atoms with Crippen molar-refractivity contribution in [3.8, 4) is 5.75 Å². The summed E-state index contributed by atoms with van der Waals surface area (Å²) in [7, 11) is 0. The largest absolute Gasteiger partial charge is 0.434 e. The molecule has 0 unspecified atom stereocenters. The van der Waals surface area contributed by atoms with Crippen LogP contribution in [0.2, 0.25) is 0 Å². The maximum atomic E-state index is 12.9. The van der Waals surface area contributed by atoms with E-state index in [9.17, 15) is 26.7 Å². The van der Waals surface area contributed by atoms with Gasteiger partial charge in [-0.05, 0) is 24.6 Å². The molecule has 9 heteroatoms. The molecule has 1 aromatic carbocycles. The Morgan fingerprint density at radius 1 is 1.36 bits per heavy atom. The number of carbonyl (C=O) groups excluding carboxylic acids is 1. The monoisotopic (exact) mass is 325 g/mol. The number of rotatable bonds is 4. The second-order valence-electron chi connectivity index (χ2n) is 4.64. The Labute approximate surface area is 122 Å². The fraction of sp³-hybridized carbons (Fsp3) is 0.462. The fourth-order valence-electron chi connectivity index (χ4n) is 2.01. The summed E-state index contributed by atoms with van der Waals surface area (Å²) in [5, 5.41) is 2.31. The Kier molecular flexibility index (Phi) is 4.84. The van der Waals surface area contributed by atoms with Gasteiger partial charge in [-0.2, -0.15) is 22.0 Å². The molecule has 122 valence electrons. The summed E-state index contributed by atoms with van der Waals surface area (Å²) in [6.07, 6.45) is -4.41. The summed E-state index contributed by atoms with van der Waals surface area (Å²) in [6.45, 7) is -2.77. The van der Waals surface area contributed by atoms with E-state index in [4.69, 9.17) is 4.74 Å². The molecule has 0 bridgehead atoms. The molecule has 0 aromatic heterocycles. The number of anilines is 1. The summed E-state index contributed by atoms with van der Waals surface area (Å²) in [4.78, 5) is 11.8. The van der Waals surface area contributed by atoms with Gasteiger partial charge in [0, 0.05) is 12.3 Å². The number of hydrogen-bond acceptors (Lipinski definition) is 3. The van der Waals surface area contributed by atoms with E-state index in [1.165, 1.54) is 0 Å². The predicted molar refractivity (Wildman–Crippen MR) is 65.6 cm³/mol. The number of nitrogens with one attached hydrogen (secondary N) is 1. The van der Waals surface area contributed by atoms with Crippen molar-refractivity contribution in [3.63, 3.8) is 0 Å². The first-order valence-electron chi connectivity index (χ1n) is 6.32. The molecule has 0 aliphatic carbocycles. The standard InChI is InChI=1S/C13H12F5NO3/c14-12(15)22-10-2-1-8(5-9(10)13(16,17)18)19-11(20)7-3-4-21-6-7/h1-2,5,7,12H,3-4,6H2,(H,19,20)/t7-/m0/s1. The summed E-state index contributed by atoms with van der Waals surface area (Å²) in [5.74, 6) is -1.91. The number of amides is 1. The number of benzene rings is 1. The van der Waals surface area contributed by atoms with Crippen LogP contribution in [0.15, 0.2) is 18.2 Å². The molecule has 0 radical (unpaired) electrons. The highest BCUT2D eigenvalue weighted by Crippen LogP contribution is 2.38. The quantitative estimate of drug-likeness (QED) is 0.864. The Hall–Kier alpha value is -1.90. The van der Waals surface area contributed by atoms with Crippen LogP contribution in [0.4, 0.5) is 27.6 Å². The lowest BCUT2D eigenvalue weighted by Crippen LogP contribution is -2.23. The van der Waals surface area contributed by atoms with Crippen LogP contribution in [0.3, 0.4) is 0 Å². The van der Waals surface area contributed by atoms with Crippen LogP contribution in [0.25, 0.3) is 0 Å². The Bertz CT molecular complexity index is 541. The molecule has 1 saturated heterocycles. The number of carbonyl (C=O) groups is 1. The van der Waals surface area contributed by atoms with Gasteiger partial charge in [-0.3, -0.25) is 4.79 Å². The van der Waals surface area contributed by atoms with Gasteiger partial charge < -0.3 is 14.8 Å². The molecule has 2 rings (SSSR count). The predicted octanol–water partition coefficient (Wildman–Crippen LogP) is 3.28. The molecule has 1 atom stereocenters. The molecular weight excluding hydrogens is 313 g/mol. The zero-order chi connectivity index (χ0) is 16.3. The lowest BCUT2D eigenvalue weighted by molar-refractivity contribution is -0.141. The van der Waals surface area contributed by atoms with Gasteiger partial charge in [0.25, 0.3) is 0 Å². The van der Waals surface area contributed by atoms with Gasteiger partial charge in [-0.25, -0.2) is 0 Å². The van der Waals surface area contributed by atoms with Gasteiger partial charge in [0.2, 0.25) is 5.91 Å². The number of hydrogen-bond donors (Lipinski definition) is 1. The van der Waals surface area contributed by atoms with Crippen molar-refractivity contribution >= 4 is 11.6 Å². The molecule has 1 N–H and O–H groups in total. The molecule has 1 aromatic rings. The van der Waals surface area contributed by atoms with E-state index in [0.717, 1.165) is 12.1 Å². The zero-order valence-electron chi connectivity index (χ0n) is 11.1. The molecular formula is C13H12F5NO3. The second kappa shape index (κ2) is 6.47. The van der Waals surface area contributed by atoms with Crippen molar-refractivity contribution in [2.24, 2.45) is 5.92 Å². The van der Waals surface area contributed by atoms with Crippen LogP contribution >= 0.6 is 0 Å². The highest BCUT2D eigenvalue weighted by molar-refractivity contribution is 5.93. The van der Waals surface area contributed by atoms with Crippen molar-refractivity contribution in [1.82, 2.24) is 0 Å². The van der Waals surface area contributed by atoms with Gasteiger partial charge in [-0.15, -0.1) is 0 Å². The number of halogens is 5. The minimum atomic E-state index is -4.89. The Morgan fingerprint density at radius 2 is 2.09 bits per heavy atom. The molecule has 0 saturated carbocycles. The Balaban J connectivity index is 2.20. The van der Waals surface area contributed by atoms with E-state index in [0.29, 0.717) is 19.1 Å². The van der Waals surface area contributed by atoms with Crippen LogP contribution < -0.4 is 10.1 Å². The summed E-state index contributed by atoms with van der Waals surface area (Å²) in [5.41, 5.74) is -1.53. The fourth-order valence-corrected chi connectivity index (χ4v) is 2.01. The van der Waals surface area contributed by atoms with Crippen LogP contribution in [-0.4, -0.2) is 25.7 Å². The molecule has 0 spiro atoms. The highest BCUT2D eigenvalue weighted by atomic mass is 19.4. The molecule has 1 aliphatic rings. The van der Waals surface area contributed by atoms with Crippen LogP contribution in [0, 0.1) is 5.92 Å². The average Bonchev–Trinajstić information content (AvgIpc) is 2.92.